The number of ether oxygens (including phenoxy) is 2. The second-order valence-electron chi connectivity index (χ2n) is 7.69. The van der Waals surface area contributed by atoms with Crippen LogP contribution in [0.25, 0.3) is 0 Å². The summed E-state index contributed by atoms with van der Waals surface area (Å²) in [4.78, 5) is 24.8. The Hall–Kier alpha value is -3.68. The number of rotatable bonds is 6. The SMILES string of the molecule is COC(=O)c1c(F)c(F)c(C2(C(=O)OC(c3ccccc3)c3ccccc3)CC2)c(F)c1F. The van der Waals surface area contributed by atoms with E-state index in [1.54, 1.807) is 60.7 Å². The first-order valence-electron chi connectivity index (χ1n) is 10.1. The van der Waals surface area contributed by atoms with E-state index in [1.165, 1.54) is 0 Å². The van der Waals surface area contributed by atoms with Gasteiger partial charge in [0.05, 0.1) is 12.5 Å². The molecular formula is C25H18F4O4. The minimum Gasteiger partial charge on any atom is -0.465 e. The molecule has 1 saturated carbocycles. The standard InChI is InChI=1S/C25H18F4O4/c1-32-23(30)16-18(26)20(28)17(21(29)19(16)27)25(12-13-25)24(31)33-22(14-8-4-2-5-9-14)15-10-6-3-7-11-15/h2-11,22H,12-13H2,1H3. The van der Waals surface area contributed by atoms with Gasteiger partial charge in [-0.3, -0.25) is 4.79 Å². The summed E-state index contributed by atoms with van der Waals surface area (Å²) in [6, 6.07) is 17.4. The Morgan fingerprint density at radius 1 is 0.788 bits per heavy atom. The summed E-state index contributed by atoms with van der Waals surface area (Å²) >= 11 is 0. The lowest BCUT2D eigenvalue weighted by Crippen LogP contribution is -2.29. The molecule has 0 aromatic heterocycles. The molecule has 1 aliphatic carbocycles. The minimum atomic E-state index is -1.92. The zero-order chi connectivity index (χ0) is 23.8. The van der Waals surface area contributed by atoms with Crippen molar-refractivity contribution in [3.63, 3.8) is 0 Å². The molecule has 33 heavy (non-hydrogen) atoms. The molecule has 0 radical (unpaired) electrons. The van der Waals surface area contributed by atoms with E-state index < -0.39 is 57.9 Å². The van der Waals surface area contributed by atoms with Gasteiger partial charge >= 0.3 is 11.9 Å². The summed E-state index contributed by atoms with van der Waals surface area (Å²) < 4.78 is 68.7. The van der Waals surface area contributed by atoms with Crippen molar-refractivity contribution >= 4 is 11.9 Å². The van der Waals surface area contributed by atoms with Crippen LogP contribution in [0, 0.1) is 23.3 Å². The minimum absolute atomic E-state index is 0.0770. The van der Waals surface area contributed by atoms with Crippen LogP contribution >= 0.6 is 0 Å². The van der Waals surface area contributed by atoms with Gasteiger partial charge in [-0.2, -0.15) is 0 Å². The van der Waals surface area contributed by atoms with Crippen molar-refractivity contribution in [3.8, 4) is 0 Å². The van der Waals surface area contributed by atoms with Crippen LogP contribution in [0.4, 0.5) is 17.6 Å². The lowest BCUT2D eigenvalue weighted by atomic mass is 9.92. The largest absolute Gasteiger partial charge is 0.465 e. The maximum atomic E-state index is 14.9. The molecule has 3 aromatic rings. The molecule has 4 rings (SSSR count). The number of halogens is 4. The fourth-order valence-electron chi connectivity index (χ4n) is 3.82. The molecule has 0 atom stereocenters. The van der Waals surface area contributed by atoms with E-state index in [-0.39, 0.29) is 12.8 Å². The fraction of sp³-hybridized carbons (Fsp3) is 0.200. The number of hydrogen-bond donors (Lipinski definition) is 0. The number of benzene rings is 3. The summed E-state index contributed by atoms with van der Waals surface area (Å²) in [5.41, 5.74) is -3.28. The van der Waals surface area contributed by atoms with Gasteiger partial charge in [0, 0.05) is 5.56 Å². The Morgan fingerprint density at radius 2 is 1.24 bits per heavy atom. The fourth-order valence-corrected chi connectivity index (χ4v) is 3.82. The van der Waals surface area contributed by atoms with Crippen LogP contribution in [0.2, 0.25) is 0 Å². The lowest BCUT2D eigenvalue weighted by molar-refractivity contribution is -0.151. The van der Waals surface area contributed by atoms with Crippen molar-refractivity contribution < 1.29 is 36.6 Å². The first-order valence-corrected chi connectivity index (χ1v) is 10.1. The first kappa shape index (κ1) is 22.5. The maximum Gasteiger partial charge on any atom is 0.344 e. The van der Waals surface area contributed by atoms with Crippen molar-refractivity contribution in [2.75, 3.05) is 7.11 Å². The Morgan fingerprint density at radius 3 is 1.64 bits per heavy atom. The van der Waals surface area contributed by atoms with Gasteiger partial charge in [0.2, 0.25) is 0 Å². The second kappa shape index (κ2) is 8.69. The first-order chi connectivity index (χ1) is 15.8. The summed E-state index contributed by atoms with van der Waals surface area (Å²) in [6.45, 7) is 0. The van der Waals surface area contributed by atoms with Crippen molar-refractivity contribution in [2.24, 2.45) is 0 Å². The third-order valence-electron chi connectivity index (χ3n) is 5.70. The third-order valence-corrected chi connectivity index (χ3v) is 5.70. The van der Waals surface area contributed by atoms with Gasteiger partial charge in [-0.1, -0.05) is 60.7 Å². The Bertz CT molecular complexity index is 1140. The molecule has 170 valence electrons. The highest BCUT2D eigenvalue weighted by Crippen LogP contribution is 2.53. The number of methoxy groups -OCH3 is 1. The van der Waals surface area contributed by atoms with Crippen LogP contribution in [-0.2, 0) is 19.7 Å². The molecule has 8 heteroatoms. The molecule has 4 nitrogen and oxygen atoms in total. The van der Waals surface area contributed by atoms with E-state index in [0.717, 1.165) is 7.11 Å². The van der Waals surface area contributed by atoms with Crippen LogP contribution in [0.1, 0.15) is 46.0 Å². The molecule has 1 aliphatic rings. The van der Waals surface area contributed by atoms with Crippen LogP contribution in [0.15, 0.2) is 60.7 Å². The molecular weight excluding hydrogens is 440 g/mol. The molecule has 3 aromatic carbocycles. The smallest absolute Gasteiger partial charge is 0.344 e. The molecule has 1 fully saturated rings. The third kappa shape index (κ3) is 3.86. The van der Waals surface area contributed by atoms with Crippen LogP contribution < -0.4 is 0 Å². The molecule has 0 saturated heterocycles. The number of esters is 2. The summed E-state index contributed by atoms with van der Waals surface area (Å²) in [5, 5.41) is 0. The van der Waals surface area contributed by atoms with Crippen molar-refractivity contribution in [1.29, 1.82) is 0 Å². The highest BCUT2D eigenvalue weighted by Gasteiger charge is 2.58. The average Bonchev–Trinajstić information content (AvgIpc) is 3.64. The van der Waals surface area contributed by atoms with Crippen molar-refractivity contribution in [3.05, 3.63) is 106 Å². The van der Waals surface area contributed by atoms with Gasteiger partial charge in [0.25, 0.3) is 0 Å². The maximum absolute atomic E-state index is 14.9. The van der Waals surface area contributed by atoms with Gasteiger partial charge in [-0.15, -0.1) is 0 Å². The predicted molar refractivity (Wildman–Crippen MR) is 109 cm³/mol. The monoisotopic (exact) mass is 458 g/mol. The normalized spacial score (nSPS) is 14.1. The van der Waals surface area contributed by atoms with Gasteiger partial charge in [-0.25, -0.2) is 22.4 Å². The van der Waals surface area contributed by atoms with Gasteiger partial charge < -0.3 is 9.47 Å². The molecule has 0 amide bonds. The van der Waals surface area contributed by atoms with Crippen LogP contribution in [-0.4, -0.2) is 19.0 Å². The summed E-state index contributed by atoms with van der Waals surface area (Å²) in [6.07, 6.45) is -1.06. The van der Waals surface area contributed by atoms with Crippen LogP contribution in [0.5, 0.6) is 0 Å². The summed E-state index contributed by atoms with van der Waals surface area (Å²) in [7, 11) is 0.817. The van der Waals surface area contributed by atoms with E-state index in [0.29, 0.717) is 11.1 Å². The molecule has 0 bridgehead atoms. The molecule has 0 unspecified atom stereocenters. The zero-order valence-corrected chi connectivity index (χ0v) is 17.4. The predicted octanol–water partition coefficient (Wildman–Crippen LogP) is 5.39. The van der Waals surface area contributed by atoms with Crippen molar-refractivity contribution in [1.82, 2.24) is 0 Å². The van der Waals surface area contributed by atoms with E-state index >= 15 is 0 Å². The van der Waals surface area contributed by atoms with E-state index in [1.807, 2.05) is 0 Å². The molecule has 0 spiro atoms. The van der Waals surface area contributed by atoms with Gasteiger partial charge in [0.1, 0.15) is 5.56 Å². The van der Waals surface area contributed by atoms with Gasteiger partial charge in [0.15, 0.2) is 29.4 Å². The average molecular weight is 458 g/mol. The number of carbonyl (C=O) groups is 2. The topological polar surface area (TPSA) is 52.6 Å². The highest BCUT2D eigenvalue weighted by atomic mass is 19.2. The van der Waals surface area contributed by atoms with E-state index in [9.17, 15) is 27.2 Å². The van der Waals surface area contributed by atoms with E-state index in [4.69, 9.17) is 4.74 Å². The zero-order valence-electron chi connectivity index (χ0n) is 17.4. The quantitative estimate of drug-likeness (QED) is 0.282. The second-order valence-corrected chi connectivity index (χ2v) is 7.69. The number of carbonyl (C=O) groups excluding carboxylic acids is 2. The Balaban J connectivity index is 1.75. The van der Waals surface area contributed by atoms with Crippen molar-refractivity contribution in [2.45, 2.75) is 24.4 Å². The molecule has 0 aliphatic heterocycles. The summed E-state index contributed by atoms with van der Waals surface area (Å²) in [5.74, 6) is -10.1. The number of hydrogen-bond acceptors (Lipinski definition) is 4. The molecule has 0 heterocycles. The van der Waals surface area contributed by atoms with Gasteiger partial charge in [-0.05, 0) is 24.0 Å². The van der Waals surface area contributed by atoms with E-state index in [2.05, 4.69) is 4.74 Å². The Labute approximate surface area is 186 Å². The highest BCUT2D eigenvalue weighted by molar-refractivity contribution is 5.91. The lowest BCUT2D eigenvalue weighted by Gasteiger charge is -2.23. The molecule has 0 N–H and O–H groups in total. The Kier molecular flexibility index (Phi) is 5.93. The van der Waals surface area contributed by atoms with Crippen LogP contribution in [0.3, 0.4) is 0 Å².